The van der Waals surface area contributed by atoms with Crippen LogP contribution in [0.15, 0.2) is 48.5 Å². The lowest BCUT2D eigenvalue weighted by molar-refractivity contribution is 0.0850. The fourth-order valence-electron chi connectivity index (χ4n) is 2.15. The Morgan fingerprint density at radius 2 is 1.89 bits per heavy atom. The van der Waals surface area contributed by atoms with E-state index in [1.807, 2.05) is 48.5 Å². The lowest BCUT2D eigenvalue weighted by atomic mass is 9.96. The summed E-state index contributed by atoms with van der Waals surface area (Å²) >= 11 is 2.22. The zero-order valence-corrected chi connectivity index (χ0v) is 11.8. The molecule has 0 fully saturated rings. The average molecular weight is 350 g/mol. The van der Waals surface area contributed by atoms with Crippen molar-refractivity contribution in [2.45, 2.75) is 12.5 Å². The summed E-state index contributed by atoms with van der Waals surface area (Å²) in [5.74, 6) is 0.855. The third-order valence-electron chi connectivity index (χ3n) is 3.06. The zero-order valence-electron chi connectivity index (χ0n) is 9.60. The maximum atomic E-state index is 12.1. The molecule has 0 bridgehead atoms. The first-order chi connectivity index (χ1) is 8.74. The van der Waals surface area contributed by atoms with Gasteiger partial charge in [-0.15, -0.1) is 0 Å². The second-order valence-electron chi connectivity index (χ2n) is 4.28. The van der Waals surface area contributed by atoms with E-state index in [4.69, 9.17) is 4.74 Å². The molecule has 1 heterocycles. The van der Waals surface area contributed by atoms with Crippen molar-refractivity contribution < 1.29 is 9.53 Å². The Morgan fingerprint density at radius 1 is 1.11 bits per heavy atom. The van der Waals surface area contributed by atoms with Crippen molar-refractivity contribution in [2.75, 3.05) is 0 Å². The van der Waals surface area contributed by atoms with Gasteiger partial charge in [-0.2, -0.15) is 0 Å². The van der Waals surface area contributed by atoms with Crippen LogP contribution < -0.4 is 4.74 Å². The molecule has 3 rings (SSSR count). The zero-order chi connectivity index (χ0) is 12.5. The molecule has 0 spiro atoms. The summed E-state index contributed by atoms with van der Waals surface area (Å²) < 4.78 is 7.02. The second-order valence-corrected chi connectivity index (χ2v) is 5.53. The first-order valence-corrected chi connectivity index (χ1v) is 6.86. The van der Waals surface area contributed by atoms with E-state index in [9.17, 15) is 4.79 Å². The molecule has 0 saturated carbocycles. The Morgan fingerprint density at radius 3 is 2.67 bits per heavy atom. The molecule has 0 aliphatic carbocycles. The van der Waals surface area contributed by atoms with Crippen molar-refractivity contribution in [3.63, 3.8) is 0 Å². The molecule has 18 heavy (non-hydrogen) atoms. The average Bonchev–Trinajstić information content (AvgIpc) is 2.39. The van der Waals surface area contributed by atoms with Crippen LogP contribution in [0.3, 0.4) is 0 Å². The Balaban J connectivity index is 1.98. The van der Waals surface area contributed by atoms with Crippen LogP contribution in [0.1, 0.15) is 28.4 Å². The van der Waals surface area contributed by atoms with Crippen LogP contribution in [0.2, 0.25) is 0 Å². The third kappa shape index (κ3) is 2.14. The largest absolute Gasteiger partial charge is 0.484 e. The third-order valence-corrected chi connectivity index (χ3v) is 3.73. The molecule has 2 aromatic rings. The van der Waals surface area contributed by atoms with Gasteiger partial charge in [-0.25, -0.2) is 0 Å². The van der Waals surface area contributed by atoms with Crippen molar-refractivity contribution in [1.82, 2.24) is 0 Å². The van der Waals surface area contributed by atoms with Gasteiger partial charge in [0.15, 0.2) is 5.78 Å². The number of fused-ring (bicyclic) bond motifs is 1. The fraction of sp³-hybridized carbons (Fsp3) is 0.133. The van der Waals surface area contributed by atoms with Gasteiger partial charge in [0.1, 0.15) is 11.9 Å². The molecule has 0 aromatic heterocycles. The molecule has 0 radical (unpaired) electrons. The van der Waals surface area contributed by atoms with Gasteiger partial charge in [-0.1, -0.05) is 30.3 Å². The van der Waals surface area contributed by atoms with Crippen LogP contribution in [0.25, 0.3) is 0 Å². The maximum absolute atomic E-state index is 12.1. The number of carbonyl (C=O) groups excluding carboxylic acids is 1. The predicted molar refractivity (Wildman–Crippen MR) is 77.9 cm³/mol. The highest BCUT2D eigenvalue weighted by Crippen LogP contribution is 2.35. The molecule has 0 N–H and O–H groups in total. The number of Topliss-reactive ketones (excluding diaryl/α,β-unsaturated/α-hetero) is 1. The van der Waals surface area contributed by atoms with Crippen molar-refractivity contribution in [1.29, 1.82) is 0 Å². The summed E-state index contributed by atoms with van der Waals surface area (Å²) in [4.78, 5) is 12.1. The van der Waals surface area contributed by atoms with E-state index >= 15 is 0 Å². The molecule has 1 atom stereocenters. The van der Waals surface area contributed by atoms with Gasteiger partial charge < -0.3 is 4.74 Å². The van der Waals surface area contributed by atoms with E-state index in [1.165, 1.54) is 0 Å². The van der Waals surface area contributed by atoms with E-state index < -0.39 is 0 Å². The van der Waals surface area contributed by atoms with Gasteiger partial charge in [0, 0.05) is 3.57 Å². The summed E-state index contributed by atoms with van der Waals surface area (Å²) in [6, 6.07) is 15.6. The Labute approximate surface area is 119 Å². The monoisotopic (exact) mass is 350 g/mol. The summed E-state index contributed by atoms with van der Waals surface area (Å²) in [7, 11) is 0. The SMILES string of the molecule is O=C1C[C@H](c2ccccc2)Oc2cc(I)ccc21. The number of ketones is 1. The first-order valence-electron chi connectivity index (χ1n) is 5.78. The normalized spacial score (nSPS) is 18.1. The fourth-order valence-corrected chi connectivity index (χ4v) is 2.61. The van der Waals surface area contributed by atoms with E-state index in [2.05, 4.69) is 22.6 Å². The molecular formula is C15H11IO2. The summed E-state index contributed by atoms with van der Waals surface area (Å²) in [6.07, 6.45) is 0.252. The first kappa shape index (κ1) is 11.7. The number of carbonyl (C=O) groups is 1. The predicted octanol–water partition coefficient (Wildman–Crippen LogP) is 4.00. The molecule has 0 unspecified atom stereocenters. The van der Waals surface area contributed by atoms with Gasteiger partial charge in [0.2, 0.25) is 0 Å². The quantitative estimate of drug-likeness (QED) is 0.727. The Bertz CT molecular complexity index is 593. The van der Waals surface area contributed by atoms with Crippen LogP contribution in [0, 0.1) is 3.57 Å². The number of hydrogen-bond donors (Lipinski definition) is 0. The maximum Gasteiger partial charge on any atom is 0.170 e. The molecular weight excluding hydrogens is 339 g/mol. The minimum absolute atomic E-state index is 0.154. The van der Waals surface area contributed by atoms with Gasteiger partial charge >= 0.3 is 0 Å². The Hall–Kier alpha value is -1.36. The summed E-state index contributed by atoms with van der Waals surface area (Å²) in [6.45, 7) is 0. The minimum Gasteiger partial charge on any atom is -0.484 e. The molecule has 3 heteroatoms. The molecule has 1 aliphatic rings. The van der Waals surface area contributed by atoms with Crippen LogP contribution in [-0.4, -0.2) is 5.78 Å². The van der Waals surface area contributed by atoms with Gasteiger partial charge in [0.05, 0.1) is 12.0 Å². The van der Waals surface area contributed by atoms with Gasteiger partial charge in [-0.3, -0.25) is 4.79 Å². The van der Waals surface area contributed by atoms with E-state index in [-0.39, 0.29) is 11.9 Å². The minimum atomic E-state index is -0.163. The number of benzene rings is 2. The van der Waals surface area contributed by atoms with Crippen LogP contribution in [0.5, 0.6) is 5.75 Å². The molecule has 1 aliphatic heterocycles. The number of ether oxygens (including phenoxy) is 1. The highest BCUT2D eigenvalue weighted by atomic mass is 127. The molecule has 2 aromatic carbocycles. The van der Waals surface area contributed by atoms with Gasteiger partial charge in [-0.05, 0) is 46.4 Å². The van der Waals surface area contributed by atoms with Crippen LogP contribution in [0.4, 0.5) is 0 Å². The highest BCUT2D eigenvalue weighted by molar-refractivity contribution is 14.1. The van der Waals surface area contributed by atoms with Crippen molar-refractivity contribution >= 4 is 28.4 Å². The molecule has 2 nitrogen and oxygen atoms in total. The van der Waals surface area contributed by atoms with E-state index in [0.717, 1.165) is 9.13 Å². The van der Waals surface area contributed by atoms with Crippen molar-refractivity contribution in [2.24, 2.45) is 0 Å². The molecule has 0 amide bonds. The van der Waals surface area contributed by atoms with Gasteiger partial charge in [0.25, 0.3) is 0 Å². The van der Waals surface area contributed by atoms with E-state index in [0.29, 0.717) is 17.7 Å². The standard InChI is InChI=1S/C15H11IO2/c16-11-6-7-12-13(17)9-14(18-15(12)8-11)10-4-2-1-3-5-10/h1-8,14H,9H2/t14-/m1/s1. The van der Waals surface area contributed by atoms with E-state index in [1.54, 1.807) is 0 Å². The lowest BCUT2D eigenvalue weighted by Crippen LogP contribution is -2.20. The Kier molecular flexibility index (Phi) is 3.07. The second kappa shape index (κ2) is 4.72. The number of hydrogen-bond acceptors (Lipinski definition) is 2. The van der Waals surface area contributed by atoms with Crippen molar-refractivity contribution in [3.8, 4) is 5.75 Å². The lowest BCUT2D eigenvalue weighted by Gasteiger charge is -2.25. The summed E-state index contributed by atoms with van der Waals surface area (Å²) in [5, 5.41) is 0. The van der Waals surface area contributed by atoms with Crippen LogP contribution >= 0.6 is 22.6 Å². The molecule has 0 saturated heterocycles. The highest BCUT2D eigenvalue weighted by Gasteiger charge is 2.27. The van der Waals surface area contributed by atoms with Crippen molar-refractivity contribution in [3.05, 3.63) is 63.2 Å². The summed E-state index contributed by atoms with van der Waals surface area (Å²) in [5.41, 5.74) is 1.75. The number of rotatable bonds is 1. The topological polar surface area (TPSA) is 26.3 Å². The van der Waals surface area contributed by atoms with Crippen LogP contribution in [-0.2, 0) is 0 Å². The molecule has 90 valence electrons. The number of halogens is 1. The smallest absolute Gasteiger partial charge is 0.170 e.